The van der Waals surface area contributed by atoms with Crippen LogP contribution in [-0.2, 0) is 0 Å². The summed E-state index contributed by atoms with van der Waals surface area (Å²) in [5.41, 5.74) is 0.812. The highest BCUT2D eigenvalue weighted by molar-refractivity contribution is 5.47. The number of anilines is 1. The lowest BCUT2D eigenvalue weighted by Gasteiger charge is -2.15. The largest absolute Gasteiger partial charge is 0.494 e. The van der Waals surface area contributed by atoms with Crippen molar-refractivity contribution < 1.29 is 9.13 Å². The van der Waals surface area contributed by atoms with Gasteiger partial charge in [0, 0.05) is 17.8 Å². The molecule has 0 saturated carbocycles. The first kappa shape index (κ1) is 13.8. The van der Waals surface area contributed by atoms with Gasteiger partial charge in [-0.25, -0.2) is 4.39 Å². The Kier molecular flexibility index (Phi) is 5.81. The molecular formula is C14H22FNO. The van der Waals surface area contributed by atoms with Crippen LogP contribution in [-0.4, -0.2) is 13.2 Å². The average Bonchev–Trinajstić information content (AvgIpc) is 2.29. The quantitative estimate of drug-likeness (QED) is 0.719. The van der Waals surface area contributed by atoms with Crippen LogP contribution < -0.4 is 10.1 Å². The van der Waals surface area contributed by atoms with Gasteiger partial charge in [0.1, 0.15) is 0 Å². The maximum absolute atomic E-state index is 13.4. The summed E-state index contributed by atoms with van der Waals surface area (Å²) in [5.74, 6) is -0.0348. The summed E-state index contributed by atoms with van der Waals surface area (Å²) in [6, 6.07) is 5.35. The standard InChI is InChI=1S/C14H22FNO/c1-4-5-6-7-11(2)16-12-8-9-14(17-3)13(15)10-12/h8-11,16H,4-7H2,1-3H3. The Morgan fingerprint density at radius 1 is 1.35 bits per heavy atom. The van der Waals surface area contributed by atoms with Gasteiger partial charge in [0.05, 0.1) is 7.11 Å². The minimum atomic E-state index is -0.321. The van der Waals surface area contributed by atoms with Gasteiger partial charge in [0.15, 0.2) is 11.6 Å². The van der Waals surface area contributed by atoms with E-state index in [1.54, 1.807) is 6.07 Å². The molecule has 1 aromatic rings. The molecule has 1 unspecified atom stereocenters. The van der Waals surface area contributed by atoms with Crippen LogP contribution in [0.5, 0.6) is 5.75 Å². The summed E-state index contributed by atoms with van der Waals surface area (Å²) in [4.78, 5) is 0. The van der Waals surface area contributed by atoms with Gasteiger partial charge in [-0.15, -0.1) is 0 Å². The van der Waals surface area contributed by atoms with Crippen molar-refractivity contribution in [2.75, 3.05) is 12.4 Å². The van der Waals surface area contributed by atoms with Gasteiger partial charge in [0.2, 0.25) is 0 Å². The predicted molar refractivity (Wildman–Crippen MR) is 70.2 cm³/mol. The van der Waals surface area contributed by atoms with Crippen LogP contribution in [0.4, 0.5) is 10.1 Å². The Balaban J connectivity index is 2.48. The molecule has 0 spiro atoms. The lowest BCUT2D eigenvalue weighted by Crippen LogP contribution is -2.14. The molecule has 0 amide bonds. The summed E-state index contributed by atoms with van der Waals surface area (Å²) in [7, 11) is 1.47. The van der Waals surface area contributed by atoms with E-state index in [0.717, 1.165) is 12.1 Å². The van der Waals surface area contributed by atoms with E-state index in [0.29, 0.717) is 6.04 Å². The van der Waals surface area contributed by atoms with E-state index in [2.05, 4.69) is 19.2 Å². The van der Waals surface area contributed by atoms with Crippen molar-refractivity contribution in [3.05, 3.63) is 24.0 Å². The molecule has 0 heterocycles. The van der Waals surface area contributed by atoms with Gasteiger partial charge in [-0.2, -0.15) is 0 Å². The van der Waals surface area contributed by atoms with Crippen molar-refractivity contribution in [3.8, 4) is 5.75 Å². The lowest BCUT2D eigenvalue weighted by atomic mass is 10.1. The van der Waals surface area contributed by atoms with Crippen LogP contribution in [0.15, 0.2) is 18.2 Å². The zero-order chi connectivity index (χ0) is 12.7. The minimum Gasteiger partial charge on any atom is -0.494 e. The van der Waals surface area contributed by atoms with Crippen molar-refractivity contribution in [1.29, 1.82) is 0 Å². The van der Waals surface area contributed by atoms with Crippen molar-refractivity contribution in [3.63, 3.8) is 0 Å². The number of hydrogen-bond acceptors (Lipinski definition) is 2. The normalized spacial score (nSPS) is 12.2. The highest BCUT2D eigenvalue weighted by atomic mass is 19.1. The third kappa shape index (κ3) is 4.63. The third-order valence-corrected chi connectivity index (χ3v) is 2.81. The number of rotatable bonds is 7. The molecule has 0 bridgehead atoms. The zero-order valence-corrected chi connectivity index (χ0v) is 10.9. The second-order valence-electron chi connectivity index (χ2n) is 4.39. The first-order valence-corrected chi connectivity index (χ1v) is 6.27. The van der Waals surface area contributed by atoms with E-state index in [1.807, 2.05) is 6.07 Å². The summed E-state index contributed by atoms with van der Waals surface area (Å²) >= 11 is 0. The van der Waals surface area contributed by atoms with Crippen LogP contribution in [0.3, 0.4) is 0 Å². The number of ether oxygens (including phenoxy) is 1. The van der Waals surface area contributed by atoms with Crippen LogP contribution in [0.25, 0.3) is 0 Å². The Morgan fingerprint density at radius 3 is 2.71 bits per heavy atom. The molecule has 0 aliphatic carbocycles. The second-order valence-corrected chi connectivity index (χ2v) is 4.39. The van der Waals surface area contributed by atoms with Crippen molar-refractivity contribution in [2.24, 2.45) is 0 Å². The first-order chi connectivity index (χ1) is 8.17. The van der Waals surface area contributed by atoms with E-state index in [1.165, 1.54) is 32.4 Å². The van der Waals surface area contributed by atoms with Gasteiger partial charge >= 0.3 is 0 Å². The molecule has 1 N–H and O–H groups in total. The number of unbranched alkanes of at least 4 members (excludes halogenated alkanes) is 2. The van der Waals surface area contributed by atoms with E-state index < -0.39 is 0 Å². The summed E-state index contributed by atoms with van der Waals surface area (Å²) in [5, 5.41) is 3.30. The maximum atomic E-state index is 13.4. The molecular weight excluding hydrogens is 217 g/mol. The number of nitrogens with one attached hydrogen (secondary N) is 1. The van der Waals surface area contributed by atoms with Gasteiger partial charge in [-0.3, -0.25) is 0 Å². The van der Waals surface area contributed by atoms with Crippen molar-refractivity contribution in [2.45, 2.75) is 45.6 Å². The molecule has 0 aliphatic heterocycles. The third-order valence-electron chi connectivity index (χ3n) is 2.81. The van der Waals surface area contributed by atoms with Crippen LogP contribution in [0.2, 0.25) is 0 Å². The lowest BCUT2D eigenvalue weighted by molar-refractivity contribution is 0.386. The number of halogens is 1. The van der Waals surface area contributed by atoms with Crippen molar-refractivity contribution >= 4 is 5.69 Å². The van der Waals surface area contributed by atoms with Crippen LogP contribution in [0.1, 0.15) is 39.5 Å². The molecule has 0 aromatic heterocycles. The SMILES string of the molecule is CCCCCC(C)Nc1ccc(OC)c(F)c1. The number of methoxy groups -OCH3 is 1. The first-order valence-electron chi connectivity index (χ1n) is 6.27. The molecule has 3 heteroatoms. The van der Waals surface area contributed by atoms with Gasteiger partial charge < -0.3 is 10.1 Å². The average molecular weight is 239 g/mol. The molecule has 0 aliphatic rings. The Bertz CT molecular complexity index is 341. The highest BCUT2D eigenvalue weighted by Gasteiger charge is 2.06. The number of benzene rings is 1. The Morgan fingerprint density at radius 2 is 2.12 bits per heavy atom. The summed E-state index contributed by atoms with van der Waals surface area (Å²) < 4.78 is 18.3. The van der Waals surface area contributed by atoms with Crippen LogP contribution in [0, 0.1) is 5.82 Å². The second kappa shape index (κ2) is 7.15. The van der Waals surface area contributed by atoms with E-state index in [4.69, 9.17) is 4.74 Å². The fourth-order valence-electron chi connectivity index (χ4n) is 1.81. The fourth-order valence-corrected chi connectivity index (χ4v) is 1.81. The molecule has 1 aromatic carbocycles. The molecule has 2 nitrogen and oxygen atoms in total. The molecule has 0 fully saturated rings. The fraction of sp³-hybridized carbons (Fsp3) is 0.571. The van der Waals surface area contributed by atoms with Gasteiger partial charge in [-0.05, 0) is 25.5 Å². The molecule has 1 atom stereocenters. The van der Waals surface area contributed by atoms with Crippen LogP contribution >= 0.6 is 0 Å². The molecule has 0 radical (unpaired) electrons. The van der Waals surface area contributed by atoms with E-state index in [-0.39, 0.29) is 11.6 Å². The van der Waals surface area contributed by atoms with E-state index >= 15 is 0 Å². The highest BCUT2D eigenvalue weighted by Crippen LogP contribution is 2.21. The summed E-state index contributed by atoms with van der Waals surface area (Å²) in [6.45, 7) is 4.31. The zero-order valence-electron chi connectivity index (χ0n) is 10.9. The molecule has 17 heavy (non-hydrogen) atoms. The number of hydrogen-bond donors (Lipinski definition) is 1. The summed E-state index contributed by atoms with van der Waals surface area (Å²) in [6.07, 6.45) is 4.80. The minimum absolute atomic E-state index is 0.286. The van der Waals surface area contributed by atoms with E-state index in [9.17, 15) is 4.39 Å². The monoisotopic (exact) mass is 239 g/mol. The molecule has 1 rings (SSSR count). The Hall–Kier alpha value is -1.25. The Labute approximate surface area is 103 Å². The van der Waals surface area contributed by atoms with Gasteiger partial charge in [-0.1, -0.05) is 26.2 Å². The predicted octanol–water partition coefficient (Wildman–Crippen LogP) is 4.22. The molecule has 0 saturated heterocycles. The smallest absolute Gasteiger partial charge is 0.167 e. The topological polar surface area (TPSA) is 21.3 Å². The maximum Gasteiger partial charge on any atom is 0.167 e. The molecule has 96 valence electrons. The van der Waals surface area contributed by atoms with Gasteiger partial charge in [0.25, 0.3) is 0 Å². The van der Waals surface area contributed by atoms with Crippen molar-refractivity contribution in [1.82, 2.24) is 0 Å².